The molecule has 0 bridgehead atoms. The van der Waals surface area contributed by atoms with Crippen molar-refractivity contribution in [2.75, 3.05) is 0 Å². The summed E-state index contributed by atoms with van der Waals surface area (Å²) in [6, 6.07) is 10.6. The average Bonchev–Trinajstić information content (AvgIpc) is 2.48. The van der Waals surface area contributed by atoms with E-state index in [2.05, 4.69) is 10.5 Å². The van der Waals surface area contributed by atoms with Gasteiger partial charge in [0, 0.05) is 22.2 Å². The molecule has 1 N–H and O–H groups in total. The fraction of sp³-hybridized carbons (Fsp3) is 0. The van der Waals surface area contributed by atoms with Crippen molar-refractivity contribution < 1.29 is 9.72 Å². The summed E-state index contributed by atoms with van der Waals surface area (Å²) >= 11 is 11.5. The van der Waals surface area contributed by atoms with Crippen LogP contribution in [0, 0.1) is 10.1 Å². The molecule has 0 unspecified atom stereocenters. The van der Waals surface area contributed by atoms with Crippen molar-refractivity contribution in [3.8, 4) is 0 Å². The molecule has 0 aliphatic heterocycles. The van der Waals surface area contributed by atoms with Gasteiger partial charge in [0.1, 0.15) is 5.02 Å². The second kappa shape index (κ2) is 7.02. The van der Waals surface area contributed by atoms with E-state index in [1.54, 1.807) is 24.3 Å². The molecule has 0 fully saturated rings. The Bertz CT molecular complexity index is 763. The summed E-state index contributed by atoms with van der Waals surface area (Å²) in [5.74, 6) is -0.442. The van der Waals surface area contributed by atoms with Crippen molar-refractivity contribution in [3.05, 3.63) is 73.8 Å². The first kappa shape index (κ1) is 15.9. The minimum absolute atomic E-state index is 0.0325. The lowest BCUT2D eigenvalue weighted by Gasteiger charge is -2.00. The number of carbonyl (C=O) groups excluding carboxylic acids is 1. The number of nitrogens with zero attached hydrogens (tertiary/aromatic N) is 2. The van der Waals surface area contributed by atoms with Gasteiger partial charge in [0.05, 0.1) is 11.1 Å². The average molecular weight is 338 g/mol. The van der Waals surface area contributed by atoms with Crippen LogP contribution >= 0.6 is 23.2 Å². The third-order valence-electron chi connectivity index (χ3n) is 2.63. The molecule has 2 aromatic rings. The SMILES string of the molecule is O=C(N/N=C\c1ccc(Cl)c([N+](=O)[O-])c1)c1cccc(Cl)c1. The summed E-state index contributed by atoms with van der Waals surface area (Å²) in [5.41, 5.74) is 2.86. The number of hydrogen-bond donors (Lipinski definition) is 1. The number of rotatable bonds is 4. The lowest BCUT2D eigenvalue weighted by Crippen LogP contribution is -2.17. The predicted octanol–water partition coefficient (Wildman–Crippen LogP) is 3.67. The van der Waals surface area contributed by atoms with E-state index in [0.717, 1.165) is 0 Å². The number of hydrogen-bond acceptors (Lipinski definition) is 4. The summed E-state index contributed by atoms with van der Waals surface area (Å²) in [6.45, 7) is 0. The Balaban J connectivity index is 2.08. The van der Waals surface area contributed by atoms with Crippen LogP contribution in [-0.2, 0) is 0 Å². The van der Waals surface area contributed by atoms with Crippen molar-refractivity contribution in [1.82, 2.24) is 5.43 Å². The number of carbonyl (C=O) groups is 1. The molecule has 0 spiro atoms. The lowest BCUT2D eigenvalue weighted by molar-refractivity contribution is -0.384. The highest BCUT2D eigenvalue weighted by Crippen LogP contribution is 2.24. The fourth-order valence-corrected chi connectivity index (χ4v) is 1.99. The molecule has 1 amide bonds. The van der Waals surface area contributed by atoms with Crippen LogP contribution in [0.4, 0.5) is 5.69 Å². The van der Waals surface area contributed by atoms with Gasteiger partial charge in [-0.25, -0.2) is 5.43 Å². The summed E-state index contributed by atoms with van der Waals surface area (Å²) < 4.78 is 0. The van der Waals surface area contributed by atoms with Crippen LogP contribution in [0.25, 0.3) is 0 Å². The van der Waals surface area contributed by atoms with Crippen LogP contribution in [-0.4, -0.2) is 17.0 Å². The zero-order chi connectivity index (χ0) is 16.1. The summed E-state index contributed by atoms with van der Waals surface area (Å²) in [4.78, 5) is 22.0. The monoisotopic (exact) mass is 337 g/mol. The Morgan fingerprint density at radius 3 is 2.68 bits per heavy atom. The molecule has 6 nitrogen and oxygen atoms in total. The van der Waals surface area contributed by atoms with Crippen LogP contribution in [0.1, 0.15) is 15.9 Å². The van der Waals surface area contributed by atoms with E-state index in [0.29, 0.717) is 16.1 Å². The topological polar surface area (TPSA) is 84.6 Å². The zero-order valence-corrected chi connectivity index (χ0v) is 12.5. The van der Waals surface area contributed by atoms with Crippen molar-refractivity contribution in [1.29, 1.82) is 0 Å². The number of halogens is 2. The van der Waals surface area contributed by atoms with Crippen molar-refractivity contribution in [2.45, 2.75) is 0 Å². The van der Waals surface area contributed by atoms with E-state index >= 15 is 0 Å². The number of benzene rings is 2. The standard InChI is InChI=1S/C14H9Cl2N3O3/c15-11-3-1-2-10(7-11)14(20)18-17-8-9-4-5-12(16)13(6-9)19(21)22/h1-8H,(H,18,20)/b17-8-. The van der Waals surface area contributed by atoms with Gasteiger partial charge >= 0.3 is 0 Å². The van der Waals surface area contributed by atoms with Crippen LogP contribution < -0.4 is 5.43 Å². The van der Waals surface area contributed by atoms with Gasteiger partial charge in [-0.05, 0) is 24.3 Å². The summed E-state index contributed by atoms with van der Waals surface area (Å²) in [6.07, 6.45) is 1.28. The first-order chi connectivity index (χ1) is 10.5. The normalized spacial score (nSPS) is 10.6. The van der Waals surface area contributed by atoms with E-state index < -0.39 is 10.8 Å². The number of amides is 1. The molecule has 0 aliphatic rings. The maximum Gasteiger partial charge on any atom is 0.288 e. The summed E-state index contributed by atoms with van der Waals surface area (Å²) in [7, 11) is 0. The highest BCUT2D eigenvalue weighted by molar-refractivity contribution is 6.32. The minimum Gasteiger partial charge on any atom is -0.267 e. The molecule has 22 heavy (non-hydrogen) atoms. The number of nitrogens with one attached hydrogen (secondary N) is 1. The molecule has 0 saturated carbocycles. The highest BCUT2D eigenvalue weighted by Gasteiger charge is 2.12. The summed E-state index contributed by atoms with van der Waals surface area (Å²) in [5, 5.41) is 15.0. The molecule has 0 aliphatic carbocycles. The fourth-order valence-electron chi connectivity index (χ4n) is 1.61. The van der Waals surface area contributed by atoms with Crippen LogP contribution in [0.2, 0.25) is 10.0 Å². The molecule has 0 saturated heterocycles. The zero-order valence-electron chi connectivity index (χ0n) is 11.0. The highest BCUT2D eigenvalue weighted by atomic mass is 35.5. The van der Waals surface area contributed by atoms with Crippen molar-refractivity contribution in [3.63, 3.8) is 0 Å². The van der Waals surface area contributed by atoms with Crippen molar-refractivity contribution >= 4 is 41.0 Å². The second-order valence-electron chi connectivity index (χ2n) is 4.18. The Morgan fingerprint density at radius 2 is 2.00 bits per heavy atom. The van der Waals surface area contributed by atoms with Crippen molar-refractivity contribution in [2.24, 2.45) is 5.10 Å². The third-order valence-corrected chi connectivity index (χ3v) is 3.19. The number of nitro groups is 1. The van der Waals surface area contributed by atoms with Gasteiger partial charge in [-0.15, -0.1) is 0 Å². The van der Waals surface area contributed by atoms with E-state index in [1.807, 2.05) is 0 Å². The van der Waals surface area contributed by atoms with Gasteiger partial charge in [-0.3, -0.25) is 14.9 Å². The van der Waals surface area contributed by atoms with E-state index in [1.165, 1.54) is 24.4 Å². The number of nitro benzene ring substituents is 1. The molecule has 2 rings (SSSR count). The molecule has 8 heteroatoms. The molecule has 0 radical (unpaired) electrons. The van der Waals surface area contributed by atoms with E-state index in [4.69, 9.17) is 23.2 Å². The van der Waals surface area contributed by atoms with Gasteiger partial charge in [0.25, 0.3) is 11.6 Å². The second-order valence-corrected chi connectivity index (χ2v) is 5.02. The van der Waals surface area contributed by atoms with E-state index in [9.17, 15) is 14.9 Å². The molecule has 0 heterocycles. The molecule has 2 aromatic carbocycles. The van der Waals surface area contributed by atoms with E-state index in [-0.39, 0.29) is 10.7 Å². The van der Waals surface area contributed by atoms with Gasteiger partial charge in [-0.1, -0.05) is 35.3 Å². The Labute approximate surface area is 135 Å². The maximum absolute atomic E-state index is 11.8. The Hall–Kier alpha value is -2.44. The molecule has 0 aromatic heterocycles. The first-order valence-electron chi connectivity index (χ1n) is 6.00. The van der Waals surface area contributed by atoms with Gasteiger partial charge in [-0.2, -0.15) is 5.10 Å². The molecular weight excluding hydrogens is 329 g/mol. The largest absolute Gasteiger partial charge is 0.288 e. The Morgan fingerprint density at radius 1 is 1.23 bits per heavy atom. The maximum atomic E-state index is 11.8. The van der Waals surface area contributed by atoms with Gasteiger partial charge in [0.2, 0.25) is 0 Å². The number of hydrazone groups is 1. The van der Waals surface area contributed by atoms with Gasteiger partial charge in [0.15, 0.2) is 0 Å². The predicted molar refractivity (Wildman–Crippen MR) is 84.6 cm³/mol. The van der Waals surface area contributed by atoms with Crippen LogP contribution in [0.3, 0.4) is 0 Å². The molecule has 0 atom stereocenters. The smallest absolute Gasteiger partial charge is 0.267 e. The Kier molecular flexibility index (Phi) is 5.08. The van der Waals surface area contributed by atoms with Gasteiger partial charge < -0.3 is 0 Å². The van der Waals surface area contributed by atoms with Crippen LogP contribution in [0.5, 0.6) is 0 Å². The minimum atomic E-state index is -0.593. The third kappa shape index (κ3) is 4.03. The first-order valence-corrected chi connectivity index (χ1v) is 6.76. The quantitative estimate of drug-likeness (QED) is 0.524. The molecule has 112 valence electrons. The molecular formula is C14H9Cl2N3O3. The van der Waals surface area contributed by atoms with Crippen LogP contribution in [0.15, 0.2) is 47.6 Å². The lowest BCUT2D eigenvalue weighted by atomic mass is 10.2.